The Morgan fingerprint density at radius 3 is 2.41 bits per heavy atom. The molecule has 2 heterocycles. The van der Waals surface area contributed by atoms with Crippen LogP contribution in [0.15, 0.2) is 35.4 Å². The molecule has 0 radical (unpaired) electrons. The molecule has 0 amide bonds. The summed E-state index contributed by atoms with van der Waals surface area (Å²) in [6.07, 6.45) is -2.01. The van der Waals surface area contributed by atoms with E-state index < -0.39 is 27.4 Å². The molecule has 1 aromatic carbocycles. The molecule has 12 heteroatoms. The number of nitrogens with zero attached hydrogens (tertiary/aromatic N) is 4. The van der Waals surface area contributed by atoms with Gasteiger partial charge in [-0.05, 0) is 51.0 Å². The Kier molecular flexibility index (Phi) is 5.35. The van der Waals surface area contributed by atoms with Gasteiger partial charge in [-0.1, -0.05) is 0 Å². The fourth-order valence-corrected chi connectivity index (χ4v) is 5.08. The first-order valence-corrected chi connectivity index (χ1v) is 11.5. The molecule has 0 bridgehead atoms. The smallest absolute Gasteiger partial charge is 0.370 e. The Morgan fingerprint density at radius 1 is 1.19 bits per heavy atom. The number of benzene rings is 1. The molecule has 1 aliphatic rings. The van der Waals surface area contributed by atoms with Crippen LogP contribution >= 0.6 is 0 Å². The van der Waals surface area contributed by atoms with Crippen molar-refractivity contribution in [2.24, 2.45) is 0 Å². The van der Waals surface area contributed by atoms with Gasteiger partial charge in [0.25, 0.3) is 0 Å². The summed E-state index contributed by atoms with van der Waals surface area (Å²) in [7, 11) is -3.34. The average molecular weight is 466 g/mol. The number of halogens is 3. The monoisotopic (exact) mass is 466 g/mol. The molecule has 32 heavy (non-hydrogen) atoms. The molecule has 0 spiro atoms. The zero-order chi connectivity index (χ0) is 23.3. The SMILES string of the molecule is CCNc1nc(N)nc(-c2cn(-c3ccc(S(=O)(=O)C4CC4)cc3)nc2C)c1C(F)(F)F. The summed E-state index contributed by atoms with van der Waals surface area (Å²) in [6.45, 7) is 3.42. The van der Waals surface area contributed by atoms with Gasteiger partial charge in [-0.3, -0.25) is 0 Å². The van der Waals surface area contributed by atoms with Crippen LogP contribution in [0.3, 0.4) is 0 Å². The predicted molar refractivity (Wildman–Crippen MR) is 113 cm³/mol. The van der Waals surface area contributed by atoms with Crippen LogP contribution in [0.5, 0.6) is 0 Å². The molecule has 1 fully saturated rings. The number of sulfone groups is 1. The summed E-state index contributed by atoms with van der Waals surface area (Å²) in [4.78, 5) is 7.79. The van der Waals surface area contributed by atoms with Crippen LogP contribution in [-0.2, 0) is 16.0 Å². The van der Waals surface area contributed by atoms with E-state index in [1.54, 1.807) is 26.0 Å². The first-order chi connectivity index (χ1) is 15.0. The second-order valence-corrected chi connectivity index (χ2v) is 9.72. The predicted octanol–water partition coefficient (Wildman–Crippen LogP) is 3.61. The van der Waals surface area contributed by atoms with Crippen molar-refractivity contribution in [2.45, 2.75) is 43.0 Å². The van der Waals surface area contributed by atoms with E-state index >= 15 is 0 Å². The normalized spacial score (nSPS) is 14.5. The number of nitrogens with two attached hydrogens (primary N) is 1. The first kappa shape index (κ1) is 22.1. The molecule has 0 unspecified atom stereocenters. The van der Waals surface area contributed by atoms with Crippen LogP contribution in [0.2, 0.25) is 0 Å². The van der Waals surface area contributed by atoms with Gasteiger partial charge < -0.3 is 11.1 Å². The summed E-state index contributed by atoms with van der Waals surface area (Å²) in [6, 6.07) is 6.09. The van der Waals surface area contributed by atoms with Crippen molar-refractivity contribution in [3.05, 3.63) is 41.7 Å². The number of aryl methyl sites for hydroxylation is 1. The topological polar surface area (TPSA) is 116 Å². The van der Waals surface area contributed by atoms with Crippen LogP contribution in [0.25, 0.3) is 16.9 Å². The van der Waals surface area contributed by atoms with E-state index in [0.717, 1.165) is 0 Å². The second kappa shape index (κ2) is 7.76. The number of anilines is 2. The minimum atomic E-state index is -4.73. The fourth-order valence-electron chi connectivity index (χ4n) is 3.42. The summed E-state index contributed by atoms with van der Waals surface area (Å²) in [5.74, 6) is -0.699. The molecule has 4 rings (SSSR count). The number of hydrogen-bond acceptors (Lipinski definition) is 7. The molecule has 1 aliphatic carbocycles. The number of nitrogens with one attached hydrogen (secondary N) is 1. The van der Waals surface area contributed by atoms with E-state index in [2.05, 4.69) is 20.4 Å². The number of hydrogen-bond donors (Lipinski definition) is 2. The molecule has 2 aromatic heterocycles. The molecule has 0 atom stereocenters. The zero-order valence-corrected chi connectivity index (χ0v) is 18.1. The van der Waals surface area contributed by atoms with Crippen molar-refractivity contribution in [3.8, 4) is 16.9 Å². The summed E-state index contributed by atoms with van der Waals surface area (Å²) in [5.41, 5.74) is 5.21. The largest absolute Gasteiger partial charge is 0.422 e. The third-order valence-corrected chi connectivity index (χ3v) is 7.38. The number of aromatic nitrogens is 4. The minimum Gasteiger partial charge on any atom is -0.370 e. The van der Waals surface area contributed by atoms with E-state index in [4.69, 9.17) is 5.73 Å². The fraction of sp³-hybridized carbons (Fsp3) is 0.350. The van der Waals surface area contributed by atoms with E-state index in [0.29, 0.717) is 24.2 Å². The van der Waals surface area contributed by atoms with Gasteiger partial charge in [0.1, 0.15) is 11.4 Å². The molecule has 170 valence electrons. The highest BCUT2D eigenvalue weighted by atomic mass is 32.2. The van der Waals surface area contributed by atoms with E-state index in [1.165, 1.54) is 23.0 Å². The van der Waals surface area contributed by atoms with Gasteiger partial charge in [0.05, 0.1) is 27.2 Å². The Hall–Kier alpha value is -3.15. The maximum absolute atomic E-state index is 13.9. The third kappa shape index (κ3) is 4.01. The Morgan fingerprint density at radius 2 is 1.84 bits per heavy atom. The van der Waals surface area contributed by atoms with Crippen molar-refractivity contribution >= 4 is 21.6 Å². The van der Waals surface area contributed by atoms with Gasteiger partial charge in [-0.15, -0.1) is 0 Å². The van der Waals surface area contributed by atoms with Gasteiger partial charge in [0.2, 0.25) is 5.95 Å². The van der Waals surface area contributed by atoms with Crippen molar-refractivity contribution in [1.82, 2.24) is 19.7 Å². The van der Waals surface area contributed by atoms with E-state index in [-0.39, 0.29) is 33.9 Å². The van der Waals surface area contributed by atoms with E-state index in [1.807, 2.05) is 0 Å². The quantitative estimate of drug-likeness (QED) is 0.570. The lowest BCUT2D eigenvalue weighted by atomic mass is 10.1. The summed E-state index contributed by atoms with van der Waals surface area (Å²) in [5, 5.41) is 6.56. The van der Waals surface area contributed by atoms with Gasteiger partial charge in [-0.2, -0.15) is 23.3 Å². The lowest BCUT2D eigenvalue weighted by Gasteiger charge is -2.16. The molecule has 3 N–H and O–H groups in total. The van der Waals surface area contributed by atoms with Crippen molar-refractivity contribution in [1.29, 1.82) is 0 Å². The molecule has 1 saturated carbocycles. The van der Waals surface area contributed by atoms with Gasteiger partial charge in [0.15, 0.2) is 9.84 Å². The van der Waals surface area contributed by atoms with Crippen molar-refractivity contribution in [2.75, 3.05) is 17.6 Å². The minimum absolute atomic E-state index is 0.139. The summed E-state index contributed by atoms with van der Waals surface area (Å²) < 4.78 is 67.8. The molecule has 3 aromatic rings. The van der Waals surface area contributed by atoms with Crippen LogP contribution in [0.4, 0.5) is 24.9 Å². The van der Waals surface area contributed by atoms with Crippen LogP contribution in [0, 0.1) is 6.92 Å². The lowest BCUT2D eigenvalue weighted by Crippen LogP contribution is -2.16. The molecule has 8 nitrogen and oxygen atoms in total. The third-order valence-electron chi connectivity index (χ3n) is 5.10. The Bertz CT molecular complexity index is 1270. The van der Waals surface area contributed by atoms with Gasteiger partial charge in [-0.25, -0.2) is 18.1 Å². The van der Waals surface area contributed by atoms with Crippen LogP contribution in [-0.4, -0.2) is 40.0 Å². The number of alkyl halides is 3. The lowest BCUT2D eigenvalue weighted by molar-refractivity contribution is -0.136. The second-order valence-electron chi connectivity index (χ2n) is 7.49. The maximum atomic E-state index is 13.9. The average Bonchev–Trinajstić information content (AvgIpc) is 3.50. The Balaban J connectivity index is 1.78. The highest BCUT2D eigenvalue weighted by Crippen LogP contribution is 2.41. The highest BCUT2D eigenvalue weighted by molar-refractivity contribution is 7.92. The maximum Gasteiger partial charge on any atom is 0.422 e. The van der Waals surface area contributed by atoms with Crippen molar-refractivity contribution < 1.29 is 21.6 Å². The first-order valence-electron chi connectivity index (χ1n) is 9.92. The van der Waals surface area contributed by atoms with Crippen LogP contribution < -0.4 is 11.1 Å². The standard InChI is InChI=1S/C20H21F3N6O2S/c1-3-25-18-16(20(21,22)23)17(26-19(24)27-18)15-10-29(28-11(15)2)12-4-6-13(7-5-12)32(30,31)14-8-9-14/h4-7,10,14H,3,8-9H2,1-2H3,(H3,24,25,26,27). The van der Waals surface area contributed by atoms with Crippen molar-refractivity contribution in [3.63, 3.8) is 0 Å². The molecular formula is C20H21F3N6O2S. The summed E-state index contributed by atoms with van der Waals surface area (Å²) >= 11 is 0. The number of rotatable bonds is 6. The molecule has 0 saturated heterocycles. The molecular weight excluding hydrogens is 445 g/mol. The number of nitrogen functional groups attached to an aromatic ring is 1. The Labute approximate surface area is 182 Å². The van der Waals surface area contributed by atoms with Gasteiger partial charge in [0, 0.05) is 18.3 Å². The zero-order valence-electron chi connectivity index (χ0n) is 17.3. The molecule has 0 aliphatic heterocycles. The van der Waals surface area contributed by atoms with E-state index in [9.17, 15) is 21.6 Å². The van der Waals surface area contributed by atoms with Crippen LogP contribution in [0.1, 0.15) is 31.0 Å². The highest BCUT2D eigenvalue weighted by Gasteiger charge is 2.40. The van der Waals surface area contributed by atoms with Gasteiger partial charge >= 0.3 is 6.18 Å².